The first-order valence-electron chi connectivity index (χ1n) is 7.61. The van der Waals surface area contributed by atoms with E-state index < -0.39 is 7.94 Å². The number of aromatic nitrogens is 3. The van der Waals surface area contributed by atoms with Crippen molar-refractivity contribution >= 4 is 7.94 Å². The number of rotatable bonds is 9. The Bertz CT molecular complexity index is 585. The third-order valence-corrected chi connectivity index (χ3v) is 6.95. The van der Waals surface area contributed by atoms with Gasteiger partial charge in [0, 0.05) is 35.2 Å². The molecule has 1 aromatic carbocycles. The molecular formula is C15H26N6O2P+. The van der Waals surface area contributed by atoms with Crippen molar-refractivity contribution in [2.24, 2.45) is 0 Å². The van der Waals surface area contributed by atoms with E-state index in [1.165, 1.54) is 4.85 Å². The number of hydrogen-bond donors (Lipinski definition) is 0. The molecule has 132 valence electrons. The topological polar surface area (TPSA) is 58.9 Å². The van der Waals surface area contributed by atoms with Gasteiger partial charge in [0.15, 0.2) is 0 Å². The minimum atomic E-state index is -2.31. The molecule has 0 unspecified atom stereocenters. The maximum atomic E-state index is 6.18. The largest absolute Gasteiger partial charge is 0.452 e. The number of hydrogen-bond acceptors (Lipinski definition) is 7. The summed E-state index contributed by atoms with van der Waals surface area (Å²) in [5, 5.41) is 7.73. The van der Waals surface area contributed by atoms with Gasteiger partial charge in [0.2, 0.25) is 0 Å². The first kappa shape index (κ1) is 18.8. The van der Waals surface area contributed by atoms with Crippen LogP contribution in [0.5, 0.6) is 0 Å². The summed E-state index contributed by atoms with van der Waals surface area (Å²) in [5.74, 6) is 0. The van der Waals surface area contributed by atoms with Crippen LogP contribution in [0.1, 0.15) is 5.56 Å². The molecule has 0 aliphatic carbocycles. The summed E-state index contributed by atoms with van der Waals surface area (Å²) in [6.45, 7) is 0.975. The lowest BCUT2D eigenvalue weighted by Crippen LogP contribution is -2.44. The molecule has 0 radical (unpaired) electrons. The fraction of sp³-hybridized carbons (Fsp3) is 0.467. The Morgan fingerprint density at radius 3 is 2.25 bits per heavy atom. The van der Waals surface area contributed by atoms with Crippen molar-refractivity contribution in [3.63, 3.8) is 0 Å². The zero-order chi connectivity index (χ0) is 17.6. The molecule has 0 spiro atoms. The van der Waals surface area contributed by atoms with E-state index in [9.17, 15) is 0 Å². The molecule has 0 atom stereocenters. The first-order valence-corrected chi connectivity index (χ1v) is 9.17. The Morgan fingerprint density at radius 2 is 1.71 bits per heavy atom. The van der Waals surface area contributed by atoms with E-state index in [-0.39, 0.29) is 0 Å². The highest BCUT2D eigenvalue weighted by atomic mass is 31.2. The van der Waals surface area contributed by atoms with Crippen LogP contribution < -0.4 is 4.62 Å². The van der Waals surface area contributed by atoms with Gasteiger partial charge in [-0.1, -0.05) is 35.0 Å². The Balaban J connectivity index is 2.07. The predicted octanol–water partition coefficient (Wildman–Crippen LogP) is 1.61. The number of benzene rings is 1. The summed E-state index contributed by atoms with van der Waals surface area (Å²) in [5.41, 5.74) is 1.14. The van der Waals surface area contributed by atoms with Crippen LogP contribution in [0.2, 0.25) is 0 Å². The van der Waals surface area contributed by atoms with Crippen LogP contribution in [-0.2, 0) is 11.3 Å². The van der Waals surface area contributed by atoms with Crippen LogP contribution in [-0.4, -0.2) is 71.1 Å². The van der Waals surface area contributed by atoms with E-state index in [4.69, 9.17) is 9.36 Å². The molecule has 24 heavy (non-hydrogen) atoms. The van der Waals surface area contributed by atoms with Gasteiger partial charge in [0.25, 0.3) is 0 Å². The van der Waals surface area contributed by atoms with Crippen LogP contribution in [0.25, 0.3) is 0 Å². The normalized spacial score (nSPS) is 12.3. The lowest BCUT2D eigenvalue weighted by atomic mass is 10.2. The molecule has 0 amide bonds. The molecule has 0 N–H and O–H groups in total. The first-order chi connectivity index (χ1) is 11.5. The quantitative estimate of drug-likeness (QED) is 0.501. The highest BCUT2D eigenvalue weighted by Gasteiger charge is 2.55. The number of ether oxygens (including phenoxy) is 1. The maximum Gasteiger partial charge on any atom is 0.452 e. The minimum Gasteiger partial charge on any atom is -0.358 e. The van der Waals surface area contributed by atoms with E-state index in [2.05, 4.69) is 24.3 Å². The zero-order valence-electron chi connectivity index (χ0n) is 14.9. The molecule has 2 aromatic rings. The molecule has 0 fully saturated rings. The van der Waals surface area contributed by atoms with Gasteiger partial charge < -0.3 is 4.74 Å². The van der Waals surface area contributed by atoms with Gasteiger partial charge in [0.1, 0.15) is 6.73 Å². The Morgan fingerprint density at radius 1 is 1.04 bits per heavy atom. The molecule has 1 aromatic heterocycles. The van der Waals surface area contributed by atoms with Crippen LogP contribution in [0.4, 0.5) is 0 Å². The summed E-state index contributed by atoms with van der Waals surface area (Å²) in [6, 6.07) is 10.1. The molecule has 0 saturated heterocycles. The van der Waals surface area contributed by atoms with E-state index >= 15 is 0 Å². The number of nitrogens with zero attached hydrogens (tertiary/aromatic N) is 6. The second-order valence-electron chi connectivity index (χ2n) is 5.72. The fourth-order valence-electron chi connectivity index (χ4n) is 2.48. The molecule has 0 saturated carbocycles. The summed E-state index contributed by atoms with van der Waals surface area (Å²) >= 11 is 0. The van der Waals surface area contributed by atoms with Crippen LogP contribution >= 0.6 is 7.94 Å². The lowest BCUT2D eigenvalue weighted by Gasteiger charge is -2.36. The van der Waals surface area contributed by atoms with Crippen molar-refractivity contribution in [3.8, 4) is 0 Å². The average Bonchev–Trinajstić information content (AvgIpc) is 3.05. The molecule has 0 bridgehead atoms. The Labute approximate surface area is 144 Å². The van der Waals surface area contributed by atoms with Crippen LogP contribution in [0.15, 0.2) is 42.7 Å². The van der Waals surface area contributed by atoms with Gasteiger partial charge in [0.05, 0.1) is 19.0 Å². The van der Waals surface area contributed by atoms with Crippen molar-refractivity contribution in [2.75, 3.05) is 42.0 Å². The lowest BCUT2D eigenvalue weighted by molar-refractivity contribution is 0.0501. The van der Waals surface area contributed by atoms with Gasteiger partial charge in [-0.3, -0.25) is 0 Å². The SMILES string of the molecule is CN(C)[P+](On1ccnn1)(N(C)C)N(C)COCc1ccccc1. The highest BCUT2D eigenvalue weighted by molar-refractivity contribution is 7.64. The van der Waals surface area contributed by atoms with Crippen molar-refractivity contribution in [2.45, 2.75) is 6.61 Å². The van der Waals surface area contributed by atoms with E-state index in [1.807, 2.05) is 65.6 Å². The van der Waals surface area contributed by atoms with E-state index in [1.54, 1.807) is 12.4 Å². The van der Waals surface area contributed by atoms with Crippen molar-refractivity contribution in [3.05, 3.63) is 48.3 Å². The summed E-state index contributed by atoms with van der Waals surface area (Å²) in [4.78, 5) is 1.39. The third-order valence-electron chi connectivity index (χ3n) is 3.47. The minimum absolute atomic E-state index is 0.424. The summed E-state index contributed by atoms with van der Waals surface area (Å²) in [6.07, 6.45) is 3.27. The molecular weight excluding hydrogens is 327 g/mol. The third kappa shape index (κ3) is 4.28. The van der Waals surface area contributed by atoms with E-state index in [0.717, 1.165) is 5.56 Å². The van der Waals surface area contributed by atoms with Crippen molar-refractivity contribution < 1.29 is 9.36 Å². The Kier molecular flexibility index (Phi) is 6.65. The predicted molar refractivity (Wildman–Crippen MR) is 94.8 cm³/mol. The smallest absolute Gasteiger partial charge is 0.358 e. The second kappa shape index (κ2) is 8.50. The fourth-order valence-corrected chi connectivity index (χ4v) is 5.37. The van der Waals surface area contributed by atoms with Crippen LogP contribution in [0.3, 0.4) is 0 Å². The molecule has 8 nitrogen and oxygen atoms in total. The van der Waals surface area contributed by atoms with Gasteiger partial charge >= 0.3 is 7.94 Å². The van der Waals surface area contributed by atoms with Crippen molar-refractivity contribution in [1.29, 1.82) is 0 Å². The average molecular weight is 353 g/mol. The summed E-state index contributed by atoms with van der Waals surface area (Å²) < 4.78 is 18.2. The maximum absolute atomic E-state index is 6.18. The zero-order valence-corrected chi connectivity index (χ0v) is 15.8. The second-order valence-corrected chi connectivity index (χ2v) is 9.19. The van der Waals surface area contributed by atoms with E-state index in [0.29, 0.717) is 13.3 Å². The monoisotopic (exact) mass is 353 g/mol. The van der Waals surface area contributed by atoms with Gasteiger partial charge in [-0.15, -0.1) is 14.4 Å². The molecule has 0 aliphatic rings. The standard InChI is InChI=1S/C15H26N6O2P/c1-18(2)24(19(3)4,23-21-12-11-16-17-21)20(5)14-22-13-15-9-7-6-8-10-15/h6-12H,13-14H2,1-5H3/q+1. The highest BCUT2D eigenvalue weighted by Crippen LogP contribution is 2.62. The molecule has 1 heterocycles. The summed E-state index contributed by atoms with van der Waals surface area (Å²) in [7, 11) is 7.61. The van der Waals surface area contributed by atoms with Gasteiger partial charge in [-0.25, -0.2) is 0 Å². The molecule has 2 rings (SSSR count). The molecule has 9 heteroatoms. The van der Waals surface area contributed by atoms with Crippen LogP contribution in [0, 0.1) is 0 Å². The van der Waals surface area contributed by atoms with Crippen molar-refractivity contribution in [1.82, 2.24) is 29.2 Å². The molecule has 0 aliphatic heterocycles. The Hall–Kier alpha value is -1.57. The van der Waals surface area contributed by atoms with Gasteiger partial charge in [-0.05, 0) is 15.6 Å². The van der Waals surface area contributed by atoms with Gasteiger partial charge in [-0.2, -0.15) is 4.62 Å².